The van der Waals surface area contributed by atoms with Gasteiger partial charge in [0, 0.05) is 12.2 Å². The summed E-state index contributed by atoms with van der Waals surface area (Å²) in [5, 5.41) is 3.41. The summed E-state index contributed by atoms with van der Waals surface area (Å²) in [6.45, 7) is 7.86. The Balaban J connectivity index is 2.42. The highest BCUT2D eigenvalue weighted by Gasteiger charge is 2.17. The molecule has 0 saturated heterocycles. The molecular formula is C12H17N. The fourth-order valence-corrected chi connectivity index (χ4v) is 1.76. The monoisotopic (exact) mass is 175 g/mol. The number of fused-ring (bicyclic) bond motifs is 1. The van der Waals surface area contributed by atoms with E-state index in [2.05, 4.69) is 44.3 Å². The van der Waals surface area contributed by atoms with Crippen LogP contribution in [-0.2, 0) is 11.8 Å². The van der Waals surface area contributed by atoms with Gasteiger partial charge in [0.2, 0.25) is 0 Å². The van der Waals surface area contributed by atoms with Crippen molar-refractivity contribution >= 4 is 5.69 Å². The Bertz CT molecular complexity index is 320. The number of rotatable bonds is 0. The van der Waals surface area contributed by atoms with Crippen molar-refractivity contribution in [2.75, 3.05) is 11.9 Å². The van der Waals surface area contributed by atoms with Gasteiger partial charge in [0.1, 0.15) is 0 Å². The highest BCUT2D eigenvalue weighted by Crippen LogP contribution is 2.29. The van der Waals surface area contributed by atoms with Gasteiger partial charge in [-0.25, -0.2) is 0 Å². The van der Waals surface area contributed by atoms with Crippen LogP contribution in [0, 0.1) is 0 Å². The molecule has 0 bridgehead atoms. The first-order valence-electron chi connectivity index (χ1n) is 4.95. The SMILES string of the molecule is CC(C)(C)c1ccc2c(c1)NCC2. The van der Waals surface area contributed by atoms with Crippen LogP contribution in [0.1, 0.15) is 31.9 Å². The van der Waals surface area contributed by atoms with Crippen molar-refractivity contribution in [2.24, 2.45) is 0 Å². The number of benzene rings is 1. The molecule has 1 aromatic rings. The van der Waals surface area contributed by atoms with Crippen LogP contribution in [0.25, 0.3) is 0 Å². The van der Waals surface area contributed by atoms with E-state index in [-0.39, 0.29) is 5.41 Å². The largest absolute Gasteiger partial charge is 0.384 e. The quantitative estimate of drug-likeness (QED) is 0.639. The van der Waals surface area contributed by atoms with Crippen molar-refractivity contribution in [3.8, 4) is 0 Å². The summed E-state index contributed by atoms with van der Waals surface area (Å²) in [7, 11) is 0. The Morgan fingerprint density at radius 3 is 2.69 bits per heavy atom. The van der Waals surface area contributed by atoms with Crippen molar-refractivity contribution in [2.45, 2.75) is 32.6 Å². The van der Waals surface area contributed by atoms with Crippen LogP contribution in [0.3, 0.4) is 0 Å². The fourth-order valence-electron chi connectivity index (χ4n) is 1.76. The van der Waals surface area contributed by atoms with E-state index in [0.29, 0.717) is 0 Å². The average molecular weight is 175 g/mol. The predicted octanol–water partition coefficient (Wildman–Crippen LogP) is 2.95. The molecule has 1 heterocycles. The highest BCUT2D eigenvalue weighted by atomic mass is 14.9. The Kier molecular flexibility index (Phi) is 1.83. The van der Waals surface area contributed by atoms with E-state index < -0.39 is 0 Å². The van der Waals surface area contributed by atoms with Crippen LogP contribution in [0.5, 0.6) is 0 Å². The zero-order chi connectivity index (χ0) is 9.47. The van der Waals surface area contributed by atoms with E-state index in [9.17, 15) is 0 Å². The molecule has 0 saturated carbocycles. The molecule has 1 aliphatic rings. The molecule has 0 aromatic heterocycles. The molecule has 0 radical (unpaired) electrons. The molecule has 0 amide bonds. The lowest BCUT2D eigenvalue weighted by Gasteiger charge is -2.19. The second-order valence-electron chi connectivity index (χ2n) is 4.80. The molecule has 0 atom stereocenters. The van der Waals surface area contributed by atoms with Gasteiger partial charge in [-0.05, 0) is 29.0 Å². The lowest BCUT2D eigenvalue weighted by Crippen LogP contribution is -2.11. The van der Waals surface area contributed by atoms with Gasteiger partial charge in [0.15, 0.2) is 0 Å². The third kappa shape index (κ3) is 1.55. The normalized spacial score (nSPS) is 15.3. The van der Waals surface area contributed by atoms with Gasteiger partial charge < -0.3 is 5.32 Å². The first-order chi connectivity index (χ1) is 6.07. The van der Waals surface area contributed by atoms with Crippen LogP contribution in [-0.4, -0.2) is 6.54 Å². The first-order valence-corrected chi connectivity index (χ1v) is 4.95. The topological polar surface area (TPSA) is 12.0 Å². The summed E-state index contributed by atoms with van der Waals surface area (Å²) in [5.74, 6) is 0. The summed E-state index contributed by atoms with van der Waals surface area (Å²) in [4.78, 5) is 0. The molecule has 0 aliphatic carbocycles. The Morgan fingerprint density at radius 2 is 2.00 bits per heavy atom. The molecule has 1 N–H and O–H groups in total. The van der Waals surface area contributed by atoms with E-state index >= 15 is 0 Å². The molecule has 70 valence electrons. The van der Waals surface area contributed by atoms with E-state index in [1.54, 1.807) is 0 Å². The highest BCUT2D eigenvalue weighted by molar-refractivity contribution is 5.57. The molecule has 0 unspecified atom stereocenters. The minimum atomic E-state index is 0.263. The Morgan fingerprint density at radius 1 is 1.23 bits per heavy atom. The molecule has 1 aromatic carbocycles. The molecule has 1 heteroatoms. The average Bonchev–Trinajstić information content (AvgIpc) is 2.47. The first kappa shape index (κ1) is 8.61. The molecule has 13 heavy (non-hydrogen) atoms. The van der Waals surface area contributed by atoms with Crippen molar-refractivity contribution in [1.29, 1.82) is 0 Å². The third-order valence-corrected chi connectivity index (χ3v) is 2.69. The summed E-state index contributed by atoms with van der Waals surface area (Å²) in [6.07, 6.45) is 1.18. The maximum atomic E-state index is 3.41. The lowest BCUT2D eigenvalue weighted by molar-refractivity contribution is 0.590. The van der Waals surface area contributed by atoms with Gasteiger partial charge in [-0.1, -0.05) is 32.9 Å². The van der Waals surface area contributed by atoms with Gasteiger partial charge >= 0.3 is 0 Å². The van der Waals surface area contributed by atoms with E-state index in [1.165, 1.54) is 23.2 Å². The van der Waals surface area contributed by atoms with Gasteiger partial charge in [0.05, 0.1) is 0 Å². The summed E-state index contributed by atoms with van der Waals surface area (Å²) in [6, 6.07) is 6.81. The van der Waals surface area contributed by atoms with E-state index in [4.69, 9.17) is 0 Å². The van der Waals surface area contributed by atoms with E-state index in [0.717, 1.165) is 6.54 Å². The van der Waals surface area contributed by atoms with Crippen LogP contribution in [0.2, 0.25) is 0 Å². The predicted molar refractivity (Wildman–Crippen MR) is 57.3 cm³/mol. The Labute approximate surface area is 80.2 Å². The van der Waals surface area contributed by atoms with Gasteiger partial charge in [-0.2, -0.15) is 0 Å². The van der Waals surface area contributed by atoms with Crippen LogP contribution < -0.4 is 5.32 Å². The minimum absolute atomic E-state index is 0.263. The molecule has 1 nitrogen and oxygen atoms in total. The number of anilines is 1. The number of hydrogen-bond acceptors (Lipinski definition) is 1. The zero-order valence-electron chi connectivity index (χ0n) is 8.65. The fraction of sp³-hybridized carbons (Fsp3) is 0.500. The van der Waals surface area contributed by atoms with Crippen LogP contribution in [0.4, 0.5) is 5.69 Å². The third-order valence-electron chi connectivity index (χ3n) is 2.69. The smallest absolute Gasteiger partial charge is 0.0376 e. The maximum absolute atomic E-state index is 3.41. The lowest BCUT2D eigenvalue weighted by atomic mass is 9.86. The van der Waals surface area contributed by atoms with Crippen molar-refractivity contribution in [3.05, 3.63) is 29.3 Å². The maximum Gasteiger partial charge on any atom is 0.0376 e. The van der Waals surface area contributed by atoms with Crippen molar-refractivity contribution < 1.29 is 0 Å². The van der Waals surface area contributed by atoms with Crippen molar-refractivity contribution in [3.63, 3.8) is 0 Å². The van der Waals surface area contributed by atoms with Crippen molar-refractivity contribution in [1.82, 2.24) is 0 Å². The summed E-state index contributed by atoms with van der Waals surface area (Å²) < 4.78 is 0. The standard InChI is InChI=1S/C12H17N/c1-12(2,3)10-5-4-9-6-7-13-11(9)8-10/h4-5,8,13H,6-7H2,1-3H3. The minimum Gasteiger partial charge on any atom is -0.384 e. The summed E-state index contributed by atoms with van der Waals surface area (Å²) in [5.41, 5.74) is 4.49. The zero-order valence-corrected chi connectivity index (χ0v) is 8.65. The number of nitrogens with one attached hydrogen (secondary N) is 1. The van der Waals surface area contributed by atoms with Crippen LogP contribution >= 0.6 is 0 Å². The molecule has 0 spiro atoms. The molecule has 0 fully saturated rings. The number of hydrogen-bond donors (Lipinski definition) is 1. The van der Waals surface area contributed by atoms with Gasteiger partial charge in [-0.3, -0.25) is 0 Å². The van der Waals surface area contributed by atoms with E-state index in [1.807, 2.05) is 0 Å². The molecule has 2 rings (SSSR count). The summed E-state index contributed by atoms with van der Waals surface area (Å²) >= 11 is 0. The second kappa shape index (κ2) is 2.76. The second-order valence-corrected chi connectivity index (χ2v) is 4.80. The molecule has 1 aliphatic heterocycles. The van der Waals surface area contributed by atoms with Crippen LogP contribution in [0.15, 0.2) is 18.2 Å². The Hall–Kier alpha value is -0.980. The van der Waals surface area contributed by atoms with Gasteiger partial charge in [-0.15, -0.1) is 0 Å². The molecular weight excluding hydrogens is 158 g/mol. The van der Waals surface area contributed by atoms with Gasteiger partial charge in [0.25, 0.3) is 0 Å².